The molecule has 0 saturated heterocycles. The largest absolute Gasteiger partial charge is 0.293 e. The van der Waals surface area contributed by atoms with Crippen molar-refractivity contribution in [2.24, 2.45) is 0 Å². The lowest BCUT2D eigenvalue weighted by molar-refractivity contribution is 0.0916. The average Bonchev–Trinajstić information content (AvgIpc) is 2.95. The van der Waals surface area contributed by atoms with Gasteiger partial charge in [-0.1, -0.05) is 66.2 Å². The molecule has 0 saturated carbocycles. The number of hydrogen-bond acceptors (Lipinski definition) is 2. The summed E-state index contributed by atoms with van der Waals surface area (Å²) in [6.07, 6.45) is 0. The Kier molecular flexibility index (Phi) is 3.69. The van der Waals surface area contributed by atoms with Crippen LogP contribution in [0.3, 0.4) is 0 Å². The fourth-order valence-corrected chi connectivity index (χ4v) is 3.31. The van der Waals surface area contributed by atoms with Gasteiger partial charge in [-0.05, 0) is 30.7 Å². The maximum Gasteiger partial charge on any atom is 0.259 e. The molecule has 1 unspecified atom stereocenters. The maximum atomic E-state index is 13.2. The Morgan fingerprint density at radius 1 is 0.840 bits per heavy atom. The van der Waals surface area contributed by atoms with Crippen LogP contribution in [0.15, 0.2) is 78.9 Å². The SMILES string of the molecule is Cc1ccc(N2C(=O)c3ccccc3C2C(=O)c2ccccc2)cc1. The van der Waals surface area contributed by atoms with Gasteiger partial charge in [0.25, 0.3) is 5.91 Å². The number of nitrogens with zero attached hydrogens (tertiary/aromatic N) is 1. The number of carbonyl (C=O) groups excluding carboxylic acids is 2. The number of Topliss-reactive ketones (excluding diaryl/α,β-unsaturated/α-hetero) is 1. The van der Waals surface area contributed by atoms with E-state index in [4.69, 9.17) is 0 Å². The van der Waals surface area contributed by atoms with Gasteiger partial charge in [0.05, 0.1) is 0 Å². The van der Waals surface area contributed by atoms with Gasteiger partial charge in [0.1, 0.15) is 6.04 Å². The molecule has 1 atom stereocenters. The zero-order valence-electron chi connectivity index (χ0n) is 13.8. The van der Waals surface area contributed by atoms with E-state index in [1.54, 1.807) is 23.1 Å². The van der Waals surface area contributed by atoms with E-state index in [-0.39, 0.29) is 11.7 Å². The van der Waals surface area contributed by atoms with E-state index in [0.29, 0.717) is 11.1 Å². The zero-order valence-corrected chi connectivity index (χ0v) is 13.8. The molecule has 1 amide bonds. The standard InChI is InChI=1S/C22H17NO2/c1-15-11-13-17(14-12-15)23-20(21(24)16-7-3-2-4-8-16)18-9-5-6-10-19(18)22(23)25/h2-14,20H,1H3. The van der Waals surface area contributed by atoms with Crippen molar-refractivity contribution < 1.29 is 9.59 Å². The van der Waals surface area contributed by atoms with Crippen LogP contribution in [-0.4, -0.2) is 11.7 Å². The smallest absolute Gasteiger partial charge is 0.259 e. The van der Waals surface area contributed by atoms with Crippen LogP contribution in [0.4, 0.5) is 5.69 Å². The number of ketones is 1. The Labute approximate surface area is 146 Å². The van der Waals surface area contributed by atoms with E-state index >= 15 is 0 Å². The maximum absolute atomic E-state index is 13.2. The molecule has 0 fully saturated rings. The molecule has 0 radical (unpaired) electrons. The van der Waals surface area contributed by atoms with Crippen LogP contribution < -0.4 is 4.90 Å². The van der Waals surface area contributed by atoms with Crippen molar-refractivity contribution in [2.75, 3.05) is 4.90 Å². The quantitative estimate of drug-likeness (QED) is 0.660. The predicted molar refractivity (Wildman–Crippen MR) is 97.9 cm³/mol. The highest BCUT2D eigenvalue weighted by molar-refractivity contribution is 6.18. The fraction of sp³-hybridized carbons (Fsp3) is 0.0909. The lowest BCUT2D eigenvalue weighted by atomic mass is 9.96. The Morgan fingerprint density at radius 3 is 2.20 bits per heavy atom. The number of benzene rings is 3. The summed E-state index contributed by atoms with van der Waals surface area (Å²) in [4.78, 5) is 27.8. The minimum atomic E-state index is -0.631. The van der Waals surface area contributed by atoms with Gasteiger partial charge in [-0.15, -0.1) is 0 Å². The second-order valence-electron chi connectivity index (χ2n) is 6.23. The second kappa shape index (κ2) is 6.02. The summed E-state index contributed by atoms with van der Waals surface area (Å²) in [5, 5.41) is 0. The van der Waals surface area contributed by atoms with Crippen LogP contribution in [-0.2, 0) is 0 Å². The molecule has 0 spiro atoms. The highest BCUT2D eigenvalue weighted by Crippen LogP contribution is 2.39. The molecular formula is C22H17NO2. The number of hydrogen-bond donors (Lipinski definition) is 0. The third-order valence-corrected chi connectivity index (χ3v) is 4.58. The summed E-state index contributed by atoms with van der Waals surface area (Å²) in [7, 11) is 0. The first-order chi connectivity index (χ1) is 12.2. The van der Waals surface area contributed by atoms with Crippen LogP contribution in [0.25, 0.3) is 0 Å². The number of carbonyl (C=O) groups is 2. The first-order valence-electron chi connectivity index (χ1n) is 8.25. The van der Waals surface area contributed by atoms with E-state index in [9.17, 15) is 9.59 Å². The second-order valence-corrected chi connectivity index (χ2v) is 6.23. The van der Waals surface area contributed by atoms with Crippen LogP contribution in [0.2, 0.25) is 0 Å². The minimum Gasteiger partial charge on any atom is -0.293 e. The van der Waals surface area contributed by atoms with Crippen LogP contribution >= 0.6 is 0 Å². The van der Waals surface area contributed by atoms with Gasteiger partial charge in [0.15, 0.2) is 5.78 Å². The molecule has 0 bridgehead atoms. The van der Waals surface area contributed by atoms with Gasteiger partial charge in [0.2, 0.25) is 0 Å². The average molecular weight is 327 g/mol. The first-order valence-corrected chi connectivity index (χ1v) is 8.25. The third-order valence-electron chi connectivity index (χ3n) is 4.58. The number of fused-ring (bicyclic) bond motifs is 1. The molecule has 1 heterocycles. The highest BCUT2D eigenvalue weighted by Gasteiger charge is 2.41. The van der Waals surface area contributed by atoms with Crippen molar-refractivity contribution in [3.8, 4) is 0 Å². The van der Waals surface area contributed by atoms with Crippen molar-refractivity contribution in [1.29, 1.82) is 0 Å². The highest BCUT2D eigenvalue weighted by atomic mass is 16.2. The molecule has 0 aliphatic carbocycles. The summed E-state index contributed by atoms with van der Waals surface area (Å²) >= 11 is 0. The Bertz CT molecular complexity index is 945. The number of aryl methyl sites for hydroxylation is 1. The van der Waals surface area contributed by atoms with E-state index in [1.165, 1.54) is 0 Å². The van der Waals surface area contributed by atoms with Gasteiger partial charge in [0, 0.05) is 16.8 Å². The van der Waals surface area contributed by atoms with Gasteiger partial charge in [-0.3, -0.25) is 14.5 Å². The van der Waals surface area contributed by atoms with E-state index < -0.39 is 6.04 Å². The summed E-state index contributed by atoms with van der Waals surface area (Å²) in [5.41, 5.74) is 3.81. The molecule has 3 nitrogen and oxygen atoms in total. The predicted octanol–water partition coefficient (Wildman–Crippen LogP) is 4.58. The van der Waals surface area contributed by atoms with Gasteiger partial charge >= 0.3 is 0 Å². The normalized spacial score (nSPS) is 16.0. The number of amides is 1. The van der Waals surface area contributed by atoms with Crippen molar-refractivity contribution in [3.63, 3.8) is 0 Å². The Morgan fingerprint density at radius 2 is 1.48 bits per heavy atom. The van der Waals surface area contributed by atoms with Crippen LogP contribution in [0, 0.1) is 6.92 Å². The topological polar surface area (TPSA) is 37.4 Å². The Hall–Kier alpha value is -3.20. The van der Waals surface area contributed by atoms with Gasteiger partial charge in [-0.2, -0.15) is 0 Å². The van der Waals surface area contributed by atoms with Crippen LogP contribution in [0.1, 0.15) is 37.9 Å². The molecule has 122 valence electrons. The molecule has 1 aliphatic heterocycles. The monoisotopic (exact) mass is 327 g/mol. The van der Waals surface area contributed by atoms with Crippen LogP contribution in [0.5, 0.6) is 0 Å². The van der Waals surface area contributed by atoms with E-state index in [1.807, 2.05) is 67.6 Å². The van der Waals surface area contributed by atoms with Crippen molar-refractivity contribution in [3.05, 3.63) is 101 Å². The number of rotatable bonds is 3. The fourth-order valence-electron chi connectivity index (χ4n) is 3.31. The van der Waals surface area contributed by atoms with Gasteiger partial charge < -0.3 is 0 Å². The Balaban J connectivity index is 1.86. The van der Waals surface area contributed by atoms with Crippen molar-refractivity contribution in [2.45, 2.75) is 13.0 Å². The lowest BCUT2D eigenvalue weighted by Gasteiger charge is -2.24. The zero-order chi connectivity index (χ0) is 17.4. The molecule has 25 heavy (non-hydrogen) atoms. The molecule has 0 aromatic heterocycles. The summed E-state index contributed by atoms with van der Waals surface area (Å²) in [6, 6.07) is 23.6. The lowest BCUT2D eigenvalue weighted by Crippen LogP contribution is -2.32. The summed E-state index contributed by atoms with van der Waals surface area (Å²) < 4.78 is 0. The van der Waals surface area contributed by atoms with E-state index in [2.05, 4.69) is 0 Å². The third kappa shape index (κ3) is 2.54. The molecule has 0 N–H and O–H groups in total. The summed E-state index contributed by atoms with van der Waals surface area (Å²) in [5.74, 6) is -0.201. The molecule has 3 aromatic carbocycles. The minimum absolute atomic E-state index is 0.0699. The number of anilines is 1. The van der Waals surface area contributed by atoms with E-state index in [0.717, 1.165) is 16.8 Å². The molecule has 4 rings (SSSR count). The first kappa shape index (κ1) is 15.3. The van der Waals surface area contributed by atoms with Gasteiger partial charge in [-0.25, -0.2) is 0 Å². The van der Waals surface area contributed by atoms with Crippen molar-refractivity contribution >= 4 is 17.4 Å². The molecule has 3 aromatic rings. The molecular weight excluding hydrogens is 310 g/mol. The molecule has 3 heteroatoms. The van der Waals surface area contributed by atoms with Crippen molar-refractivity contribution in [1.82, 2.24) is 0 Å². The summed E-state index contributed by atoms with van der Waals surface area (Å²) in [6.45, 7) is 2.00. The molecule has 1 aliphatic rings.